The number of aromatic nitrogens is 3. The van der Waals surface area contributed by atoms with Gasteiger partial charge in [0.05, 0.1) is 6.54 Å². The molecule has 1 aliphatic rings. The van der Waals surface area contributed by atoms with Crippen LogP contribution in [0.2, 0.25) is 0 Å². The quantitative estimate of drug-likeness (QED) is 0.838. The lowest BCUT2D eigenvalue weighted by Gasteiger charge is -2.41. The Hall–Kier alpha value is -0.940. The zero-order valence-corrected chi connectivity index (χ0v) is 11.2. The Morgan fingerprint density at radius 2 is 2.29 bits per heavy atom. The van der Waals surface area contributed by atoms with E-state index in [-0.39, 0.29) is 0 Å². The predicted molar refractivity (Wildman–Crippen MR) is 67.5 cm³/mol. The predicted octanol–water partition coefficient (Wildman–Crippen LogP) is 0.633. The number of nitrogens with one attached hydrogen (secondary N) is 1. The van der Waals surface area contributed by atoms with Crippen LogP contribution in [0.1, 0.15) is 26.6 Å². The van der Waals surface area contributed by atoms with E-state index in [0.717, 1.165) is 25.5 Å². The van der Waals surface area contributed by atoms with Crippen LogP contribution < -0.4 is 5.32 Å². The van der Waals surface area contributed by atoms with Gasteiger partial charge < -0.3 is 5.32 Å². The van der Waals surface area contributed by atoms with Gasteiger partial charge in [0, 0.05) is 32.2 Å². The highest BCUT2D eigenvalue weighted by Gasteiger charge is 2.28. The summed E-state index contributed by atoms with van der Waals surface area (Å²) in [6.45, 7) is 9.84. The Bertz CT molecular complexity index is 360. The van der Waals surface area contributed by atoms with Crippen LogP contribution in [0.15, 0.2) is 6.33 Å². The van der Waals surface area contributed by atoms with Crippen molar-refractivity contribution in [3.05, 3.63) is 12.2 Å². The fourth-order valence-electron chi connectivity index (χ4n) is 2.49. The molecule has 2 unspecified atom stereocenters. The average Bonchev–Trinajstić information content (AvgIpc) is 2.64. The molecule has 1 aromatic heterocycles. The summed E-state index contributed by atoms with van der Waals surface area (Å²) >= 11 is 0. The number of aryl methyl sites for hydroxylation is 1. The summed E-state index contributed by atoms with van der Waals surface area (Å²) in [5.74, 6) is 1.70. The minimum Gasteiger partial charge on any atom is -0.311 e. The Balaban J connectivity index is 2.07. The first kappa shape index (κ1) is 12.5. The lowest BCUT2D eigenvalue weighted by atomic mass is 9.99. The number of nitrogens with zero attached hydrogens (tertiary/aromatic N) is 4. The van der Waals surface area contributed by atoms with Crippen molar-refractivity contribution in [3.63, 3.8) is 0 Å². The van der Waals surface area contributed by atoms with E-state index in [0.29, 0.717) is 18.0 Å². The molecule has 0 radical (unpaired) electrons. The second kappa shape index (κ2) is 5.14. The van der Waals surface area contributed by atoms with E-state index < -0.39 is 0 Å². The van der Waals surface area contributed by atoms with E-state index in [9.17, 15) is 0 Å². The highest BCUT2D eigenvalue weighted by atomic mass is 15.3. The summed E-state index contributed by atoms with van der Waals surface area (Å²) in [6.07, 6.45) is 1.63. The van der Waals surface area contributed by atoms with E-state index in [2.05, 4.69) is 41.1 Å². The Kier molecular flexibility index (Phi) is 3.79. The van der Waals surface area contributed by atoms with Crippen LogP contribution in [0.3, 0.4) is 0 Å². The van der Waals surface area contributed by atoms with Crippen LogP contribution in [-0.4, -0.2) is 44.8 Å². The Morgan fingerprint density at radius 1 is 1.53 bits per heavy atom. The molecule has 1 saturated heterocycles. The topological polar surface area (TPSA) is 46.0 Å². The van der Waals surface area contributed by atoms with Crippen LogP contribution in [0.5, 0.6) is 0 Å². The molecule has 5 heteroatoms. The van der Waals surface area contributed by atoms with Crippen molar-refractivity contribution in [2.45, 2.75) is 39.4 Å². The van der Waals surface area contributed by atoms with Crippen LogP contribution in [0.4, 0.5) is 0 Å². The van der Waals surface area contributed by atoms with Crippen molar-refractivity contribution in [2.75, 3.05) is 13.1 Å². The summed E-state index contributed by atoms with van der Waals surface area (Å²) in [4.78, 5) is 6.84. The van der Waals surface area contributed by atoms with Gasteiger partial charge in [0.15, 0.2) is 0 Å². The lowest BCUT2D eigenvalue weighted by molar-refractivity contribution is 0.0917. The zero-order chi connectivity index (χ0) is 12.4. The molecule has 17 heavy (non-hydrogen) atoms. The SMILES string of the molecule is CC1CN(Cc2ncnn2C)C(C(C)C)CN1. The van der Waals surface area contributed by atoms with Gasteiger partial charge in [-0.05, 0) is 12.8 Å². The monoisotopic (exact) mass is 237 g/mol. The summed E-state index contributed by atoms with van der Waals surface area (Å²) in [5, 5.41) is 7.69. The van der Waals surface area contributed by atoms with Gasteiger partial charge in [-0.2, -0.15) is 5.10 Å². The molecule has 0 aromatic carbocycles. The highest BCUT2D eigenvalue weighted by Crippen LogP contribution is 2.17. The van der Waals surface area contributed by atoms with E-state index >= 15 is 0 Å². The minimum absolute atomic E-state index is 0.554. The largest absolute Gasteiger partial charge is 0.311 e. The Labute approximate surface area is 103 Å². The van der Waals surface area contributed by atoms with Gasteiger partial charge in [-0.1, -0.05) is 13.8 Å². The van der Waals surface area contributed by atoms with E-state index in [1.165, 1.54) is 0 Å². The minimum atomic E-state index is 0.554. The normalized spacial score (nSPS) is 26.6. The zero-order valence-electron chi connectivity index (χ0n) is 11.2. The third-order valence-corrected chi connectivity index (χ3v) is 3.57. The molecule has 5 nitrogen and oxygen atoms in total. The number of rotatable bonds is 3. The molecule has 0 amide bonds. The molecule has 1 aliphatic heterocycles. The molecule has 1 fully saturated rings. The number of hydrogen-bond donors (Lipinski definition) is 1. The molecular formula is C12H23N5. The van der Waals surface area contributed by atoms with Crippen molar-refractivity contribution < 1.29 is 0 Å². The van der Waals surface area contributed by atoms with Crippen LogP contribution >= 0.6 is 0 Å². The molecule has 1 N–H and O–H groups in total. The molecule has 2 rings (SSSR count). The van der Waals surface area contributed by atoms with Gasteiger partial charge in [-0.25, -0.2) is 4.98 Å². The molecule has 0 aliphatic carbocycles. The maximum Gasteiger partial charge on any atom is 0.140 e. The third kappa shape index (κ3) is 2.84. The molecule has 1 aromatic rings. The van der Waals surface area contributed by atoms with Gasteiger partial charge in [0.2, 0.25) is 0 Å². The summed E-state index contributed by atoms with van der Waals surface area (Å²) < 4.78 is 1.87. The van der Waals surface area contributed by atoms with Crippen molar-refractivity contribution in [1.29, 1.82) is 0 Å². The van der Waals surface area contributed by atoms with Crippen molar-refractivity contribution in [2.24, 2.45) is 13.0 Å². The van der Waals surface area contributed by atoms with E-state index in [1.54, 1.807) is 6.33 Å². The first-order valence-corrected chi connectivity index (χ1v) is 6.38. The van der Waals surface area contributed by atoms with Crippen molar-refractivity contribution >= 4 is 0 Å². The fraction of sp³-hybridized carbons (Fsp3) is 0.833. The summed E-state index contributed by atoms with van der Waals surface area (Å²) in [6, 6.07) is 1.14. The van der Waals surface area contributed by atoms with Gasteiger partial charge in [0.1, 0.15) is 12.2 Å². The summed E-state index contributed by atoms with van der Waals surface area (Å²) in [7, 11) is 1.96. The summed E-state index contributed by atoms with van der Waals surface area (Å²) in [5.41, 5.74) is 0. The average molecular weight is 237 g/mol. The smallest absolute Gasteiger partial charge is 0.140 e. The third-order valence-electron chi connectivity index (χ3n) is 3.57. The van der Waals surface area contributed by atoms with Gasteiger partial charge >= 0.3 is 0 Å². The van der Waals surface area contributed by atoms with Crippen LogP contribution in [-0.2, 0) is 13.6 Å². The lowest BCUT2D eigenvalue weighted by Crippen LogP contribution is -2.57. The van der Waals surface area contributed by atoms with E-state index in [4.69, 9.17) is 0 Å². The van der Waals surface area contributed by atoms with E-state index in [1.807, 2.05) is 11.7 Å². The number of piperazine rings is 1. The first-order valence-electron chi connectivity index (χ1n) is 6.38. The van der Waals surface area contributed by atoms with Gasteiger partial charge in [-0.15, -0.1) is 0 Å². The molecule has 2 heterocycles. The van der Waals surface area contributed by atoms with Gasteiger partial charge in [-0.3, -0.25) is 9.58 Å². The first-order chi connectivity index (χ1) is 8.08. The molecular weight excluding hydrogens is 214 g/mol. The molecule has 2 atom stereocenters. The standard InChI is InChI=1S/C12H23N5/c1-9(2)11-5-13-10(3)6-17(11)7-12-14-8-15-16(12)4/h8-11,13H,5-7H2,1-4H3. The van der Waals surface area contributed by atoms with Crippen LogP contribution in [0.25, 0.3) is 0 Å². The fourth-order valence-corrected chi connectivity index (χ4v) is 2.49. The number of hydrogen-bond acceptors (Lipinski definition) is 4. The maximum absolute atomic E-state index is 4.32. The second-order valence-electron chi connectivity index (χ2n) is 5.35. The van der Waals surface area contributed by atoms with Gasteiger partial charge in [0.25, 0.3) is 0 Å². The van der Waals surface area contributed by atoms with Crippen LogP contribution in [0, 0.1) is 5.92 Å². The maximum atomic E-state index is 4.32. The molecule has 0 spiro atoms. The Morgan fingerprint density at radius 3 is 2.88 bits per heavy atom. The molecule has 0 saturated carbocycles. The van der Waals surface area contributed by atoms with Crippen molar-refractivity contribution in [1.82, 2.24) is 25.0 Å². The highest BCUT2D eigenvalue weighted by molar-refractivity contribution is 4.91. The molecule has 96 valence electrons. The molecule has 0 bridgehead atoms. The second-order valence-corrected chi connectivity index (χ2v) is 5.35. The van der Waals surface area contributed by atoms with Crippen molar-refractivity contribution in [3.8, 4) is 0 Å².